The van der Waals surface area contributed by atoms with Crippen LogP contribution in [-0.2, 0) is 16.8 Å². The molecular formula is C8H11NO2. The van der Waals surface area contributed by atoms with Crippen molar-refractivity contribution in [2.24, 2.45) is 0 Å². The molecule has 0 amide bonds. The van der Waals surface area contributed by atoms with Crippen molar-refractivity contribution < 1.29 is 9.26 Å². The number of nitrogens with zero attached hydrogens (tertiary/aromatic N) is 1. The van der Waals surface area contributed by atoms with Crippen molar-refractivity contribution in [1.82, 2.24) is 5.16 Å². The number of hydrogen-bond acceptors (Lipinski definition) is 3. The van der Waals surface area contributed by atoms with Gasteiger partial charge in [0.15, 0.2) is 0 Å². The maximum atomic E-state index is 5.53. The highest BCUT2D eigenvalue weighted by Crippen LogP contribution is 2.30. The highest BCUT2D eigenvalue weighted by atomic mass is 16.5. The van der Waals surface area contributed by atoms with Crippen LogP contribution in [0.25, 0.3) is 0 Å². The van der Waals surface area contributed by atoms with Crippen molar-refractivity contribution >= 4 is 0 Å². The third-order valence-corrected chi connectivity index (χ3v) is 2.05. The Balaban J connectivity index is 2.48. The lowest BCUT2D eigenvalue weighted by molar-refractivity contribution is -0.0358. The Morgan fingerprint density at radius 1 is 1.55 bits per heavy atom. The Labute approximate surface area is 65.3 Å². The second-order valence-corrected chi connectivity index (χ2v) is 3.30. The van der Waals surface area contributed by atoms with E-state index in [1.54, 1.807) is 6.26 Å². The Bertz CT molecular complexity index is 265. The third kappa shape index (κ3) is 0.959. The standard InChI is InChI=1S/C8H11NO2/c1-8(2)7-6(3-4-10-8)5-11-9-7/h5H,3-4H2,1-2H3. The van der Waals surface area contributed by atoms with Crippen LogP contribution >= 0.6 is 0 Å². The fraction of sp³-hybridized carbons (Fsp3) is 0.625. The van der Waals surface area contributed by atoms with E-state index in [1.807, 2.05) is 13.8 Å². The molecule has 11 heavy (non-hydrogen) atoms. The summed E-state index contributed by atoms with van der Waals surface area (Å²) in [6, 6.07) is 0. The van der Waals surface area contributed by atoms with Crippen molar-refractivity contribution in [2.75, 3.05) is 6.61 Å². The zero-order valence-electron chi connectivity index (χ0n) is 6.76. The largest absolute Gasteiger partial charge is 0.369 e. The minimum atomic E-state index is -0.263. The van der Waals surface area contributed by atoms with E-state index < -0.39 is 0 Å². The van der Waals surface area contributed by atoms with Gasteiger partial charge in [0.25, 0.3) is 0 Å². The predicted molar refractivity (Wildman–Crippen MR) is 39.2 cm³/mol. The zero-order chi connectivity index (χ0) is 7.90. The third-order valence-electron chi connectivity index (χ3n) is 2.05. The Kier molecular flexibility index (Phi) is 1.29. The molecule has 0 saturated carbocycles. The van der Waals surface area contributed by atoms with Gasteiger partial charge in [-0.3, -0.25) is 0 Å². The van der Waals surface area contributed by atoms with E-state index >= 15 is 0 Å². The molecule has 0 fully saturated rings. The molecule has 1 aromatic rings. The molecule has 2 rings (SSSR count). The molecule has 1 aliphatic rings. The molecule has 0 aromatic carbocycles. The normalized spacial score (nSPS) is 21.3. The summed E-state index contributed by atoms with van der Waals surface area (Å²) < 4.78 is 10.4. The summed E-state index contributed by atoms with van der Waals surface area (Å²) in [7, 11) is 0. The van der Waals surface area contributed by atoms with Crippen LogP contribution in [0.4, 0.5) is 0 Å². The summed E-state index contributed by atoms with van der Waals surface area (Å²) in [5.74, 6) is 0. The van der Waals surface area contributed by atoms with Gasteiger partial charge in [-0.05, 0) is 13.8 Å². The second-order valence-electron chi connectivity index (χ2n) is 3.30. The van der Waals surface area contributed by atoms with Crippen LogP contribution in [0.3, 0.4) is 0 Å². The summed E-state index contributed by atoms with van der Waals surface area (Å²) >= 11 is 0. The second kappa shape index (κ2) is 2.08. The highest BCUT2D eigenvalue weighted by Gasteiger charge is 2.31. The maximum Gasteiger partial charge on any atom is 0.127 e. The van der Waals surface area contributed by atoms with Crippen LogP contribution < -0.4 is 0 Å². The lowest BCUT2D eigenvalue weighted by Crippen LogP contribution is -2.29. The van der Waals surface area contributed by atoms with Crippen LogP contribution in [0.5, 0.6) is 0 Å². The van der Waals surface area contributed by atoms with Gasteiger partial charge in [-0.15, -0.1) is 0 Å². The molecule has 0 aliphatic carbocycles. The van der Waals surface area contributed by atoms with Crippen molar-refractivity contribution in [3.63, 3.8) is 0 Å². The van der Waals surface area contributed by atoms with Gasteiger partial charge in [0.05, 0.1) is 6.61 Å². The van der Waals surface area contributed by atoms with Gasteiger partial charge < -0.3 is 9.26 Å². The molecule has 0 unspecified atom stereocenters. The molecule has 0 atom stereocenters. The van der Waals surface area contributed by atoms with Crippen LogP contribution in [-0.4, -0.2) is 11.8 Å². The first-order valence-corrected chi connectivity index (χ1v) is 3.78. The van der Waals surface area contributed by atoms with Crippen molar-refractivity contribution in [3.8, 4) is 0 Å². The Morgan fingerprint density at radius 2 is 2.36 bits per heavy atom. The molecular weight excluding hydrogens is 142 g/mol. The topological polar surface area (TPSA) is 35.3 Å². The molecule has 1 aliphatic heterocycles. The molecule has 0 radical (unpaired) electrons. The molecule has 3 nitrogen and oxygen atoms in total. The molecule has 60 valence electrons. The van der Waals surface area contributed by atoms with Gasteiger partial charge in [0.2, 0.25) is 0 Å². The van der Waals surface area contributed by atoms with Crippen LogP contribution in [0.2, 0.25) is 0 Å². The molecule has 0 N–H and O–H groups in total. The average Bonchev–Trinajstić information content (AvgIpc) is 2.34. The highest BCUT2D eigenvalue weighted by molar-refractivity contribution is 5.22. The molecule has 2 heterocycles. The van der Waals surface area contributed by atoms with Gasteiger partial charge in [-0.25, -0.2) is 0 Å². The first-order chi connectivity index (χ1) is 5.20. The van der Waals surface area contributed by atoms with E-state index in [2.05, 4.69) is 5.16 Å². The quantitative estimate of drug-likeness (QED) is 0.566. The molecule has 3 heteroatoms. The van der Waals surface area contributed by atoms with E-state index in [9.17, 15) is 0 Å². The number of rotatable bonds is 0. The average molecular weight is 153 g/mol. The smallest absolute Gasteiger partial charge is 0.127 e. The summed E-state index contributed by atoms with van der Waals surface area (Å²) in [6.07, 6.45) is 2.63. The van der Waals surface area contributed by atoms with Crippen LogP contribution in [0, 0.1) is 0 Å². The van der Waals surface area contributed by atoms with Crippen molar-refractivity contribution in [3.05, 3.63) is 17.5 Å². The summed E-state index contributed by atoms with van der Waals surface area (Å²) in [4.78, 5) is 0. The summed E-state index contributed by atoms with van der Waals surface area (Å²) in [5.41, 5.74) is 1.87. The lowest BCUT2D eigenvalue weighted by Gasteiger charge is -2.27. The predicted octanol–water partition coefficient (Wildman–Crippen LogP) is 1.48. The van der Waals surface area contributed by atoms with E-state index in [0.717, 1.165) is 18.7 Å². The fourth-order valence-electron chi connectivity index (χ4n) is 1.42. The molecule has 0 spiro atoms. The maximum absolute atomic E-state index is 5.53. The monoisotopic (exact) mass is 153 g/mol. The van der Waals surface area contributed by atoms with Crippen molar-refractivity contribution in [2.45, 2.75) is 25.9 Å². The Morgan fingerprint density at radius 3 is 3.09 bits per heavy atom. The van der Waals surface area contributed by atoms with Gasteiger partial charge in [0.1, 0.15) is 17.6 Å². The number of hydrogen-bond donors (Lipinski definition) is 0. The summed E-state index contributed by atoms with van der Waals surface area (Å²) in [5, 5.41) is 3.91. The van der Waals surface area contributed by atoms with E-state index in [4.69, 9.17) is 9.26 Å². The molecule has 0 saturated heterocycles. The van der Waals surface area contributed by atoms with Crippen molar-refractivity contribution in [1.29, 1.82) is 0 Å². The summed E-state index contributed by atoms with van der Waals surface area (Å²) in [6.45, 7) is 4.78. The number of ether oxygens (including phenoxy) is 1. The van der Waals surface area contributed by atoms with E-state index in [-0.39, 0.29) is 5.60 Å². The van der Waals surface area contributed by atoms with Gasteiger partial charge >= 0.3 is 0 Å². The minimum Gasteiger partial charge on any atom is -0.369 e. The van der Waals surface area contributed by atoms with E-state index in [1.165, 1.54) is 5.56 Å². The SMILES string of the molecule is CC1(C)OCCc2conc21. The van der Waals surface area contributed by atoms with Gasteiger partial charge in [-0.1, -0.05) is 5.16 Å². The van der Waals surface area contributed by atoms with Gasteiger partial charge in [0, 0.05) is 12.0 Å². The molecule has 0 bridgehead atoms. The minimum absolute atomic E-state index is 0.263. The van der Waals surface area contributed by atoms with E-state index in [0.29, 0.717) is 0 Å². The van der Waals surface area contributed by atoms with Crippen LogP contribution in [0.15, 0.2) is 10.8 Å². The Hall–Kier alpha value is -0.830. The van der Waals surface area contributed by atoms with Crippen LogP contribution in [0.1, 0.15) is 25.1 Å². The number of aromatic nitrogens is 1. The number of fused-ring (bicyclic) bond motifs is 1. The van der Waals surface area contributed by atoms with Gasteiger partial charge in [-0.2, -0.15) is 0 Å². The fourth-order valence-corrected chi connectivity index (χ4v) is 1.42. The molecule has 1 aromatic heterocycles. The first kappa shape index (κ1) is 6.85. The lowest BCUT2D eigenvalue weighted by atomic mass is 9.97. The zero-order valence-corrected chi connectivity index (χ0v) is 6.76. The first-order valence-electron chi connectivity index (χ1n) is 3.78.